The van der Waals surface area contributed by atoms with Crippen molar-refractivity contribution >= 4 is 23.6 Å². The van der Waals surface area contributed by atoms with Crippen LogP contribution in [0.25, 0.3) is 0 Å². The maximum Gasteiger partial charge on any atom is 0.330 e. The van der Waals surface area contributed by atoms with Crippen molar-refractivity contribution < 1.29 is 33.3 Å². The summed E-state index contributed by atoms with van der Waals surface area (Å²) >= 11 is 0. The van der Waals surface area contributed by atoms with E-state index in [4.69, 9.17) is 25.4 Å². The van der Waals surface area contributed by atoms with E-state index >= 15 is 0 Å². The standard InChI is InChI=1S/C20H23NO7/c1-6-13-12-20(18(23)26-4,19(24)27-5)16(17(22)28-7-2)21(13)14-8-10-15(25-3)11-9-14/h1,8-11,13,16H,7,12H2,2-5H3. The maximum absolute atomic E-state index is 12.9. The lowest BCUT2D eigenvalue weighted by Crippen LogP contribution is -2.55. The van der Waals surface area contributed by atoms with Crippen LogP contribution in [0.4, 0.5) is 5.69 Å². The third-order valence-electron chi connectivity index (χ3n) is 4.77. The van der Waals surface area contributed by atoms with E-state index in [9.17, 15) is 14.4 Å². The van der Waals surface area contributed by atoms with Crippen molar-refractivity contribution in [3.05, 3.63) is 24.3 Å². The van der Waals surface area contributed by atoms with Crippen molar-refractivity contribution in [3.8, 4) is 18.1 Å². The first-order chi connectivity index (χ1) is 13.4. The van der Waals surface area contributed by atoms with E-state index in [0.717, 1.165) is 14.2 Å². The van der Waals surface area contributed by atoms with Crippen LogP contribution in [0.5, 0.6) is 5.75 Å². The lowest BCUT2D eigenvalue weighted by atomic mass is 9.79. The van der Waals surface area contributed by atoms with Crippen LogP contribution in [0, 0.1) is 17.8 Å². The van der Waals surface area contributed by atoms with Gasteiger partial charge in [-0.2, -0.15) is 0 Å². The van der Waals surface area contributed by atoms with Crippen LogP contribution in [0.3, 0.4) is 0 Å². The molecule has 0 aromatic heterocycles. The number of terminal acetylenes is 1. The molecule has 28 heavy (non-hydrogen) atoms. The lowest BCUT2D eigenvalue weighted by Gasteiger charge is -2.33. The zero-order valence-electron chi connectivity index (χ0n) is 16.3. The zero-order chi connectivity index (χ0) is 20.9. The molecule has 2 rings (SSSR count). The fraction of sp³-hybridized carbons (Fsp3) is 0.450. The number of rotatable bonds is 6. The van der Waals surface area contributed by atoms with Gasteiger partial charge in [0.25, 0.3) is 0 Å². The molecule has 150 valence electrons. The molecule has 0 bridgehead atoms. The normalized spacial score (nSPS) is 20.0. The molecule has 1 aromatic rings. The number of carbonyl (C=O) groups excluding carboxylic acids is 3. The van der Waals surface area contributed by atoms with E-state index in [-0.39, 0.29) is 13.0 Å². The molecule has 8 nitrogen and oxygen atoms in total. The van der Waals surface area contributed by atoms with Gasteiger partial charge in [-0.15, -0.1) is 6.42 Å². The van der Waals surface area contributed by atoms with Gasteiger partial charge < -0.3 is 23.8 Å². The summed E-state index contributed by atoms with van der Waals surface area (Å²) in [6, 6.07) is 4.63. The van der Waals surface area contributed by atoms with Crippen LogP contribution < -0.4 is 9.64 Å². The fourth-order valence-electron chi connectivity index (χ4n) is 3.53. The third-order valence-corrected chi connectivity index (χ3v) is 4.77. The van der Waals surface area contributed by atoms with Crippen LogP contribution in [0.15, 0.2) is 24.3 Å². The molecule has 0 N–H and O–H groups in total. The van der Waals surface area contributed by atoms with Gasteiger partial charge in [0.05, 0.1) is 34.0 Å². The Labute approximate surface area is 163 Å². The van der Waals surface area contributed by atoms with Crippen molar-refractivity contribution in [1.29, 1.82) is 0 Å². The average Bonchev–Trinajstić information content (AvgIpc) is 3.09. The molecule has 0 spiro atoms. The Kier molecular flexibility index (Phi) is 6.52. The highest BCUT2D eigenvalue weighted by molar-refractivity contribution is 6.08. The van der Waals surface area contributed by atoms with Crippen molar-refractivity contribution in [2.45, 2.75) is 25.4 Å². The number of esters is 3. The molecule has 1 aliphatic heterocycles. The van der Waals surface area contributed by atoms with Gasteiger partial charge in [0.15, 0.2) is 11.5 Å². The molecule has 8 heteroatoms. The SMILES string of the molecule is C#CC1CC(C(=O)OC)(C(=O)OC)C(C(=O)OCC)N1c1ccc(OC)cc1. The third kappa shape index (κ3) is 3.36. The van der Waals surface area contributed by atoms with E-state index in [1.165, 1.54) is 12.0 Å². The molecular formula is C20H23NO7. The number of nitrogens with zero attached hydrogens (tertiary/aromatic N) is 1. The van der Waals surface area contributed by atoms with Gasteiger partial charge in [0, 0.05) is 12.1 Å². The second-order valence-corrected chi connectivity index (χ2v) is 6.10. The first-order valence-corrected chi connectivity index (χ1v) is 8.63. The molecule has 0 radical (unpaired) electrons. The summed E-state index contributed by atoms with van der Waals surface area (Å²) in [5, 5.41) is 0. The molecule has 0 aliphatic carbocycles. The van der Waals surface area contributed by atoms with Gasteiger partial charge in [0.2, 0.25) is 0 Å². The Morgan fingerprint density at radius 3 is 2.14 bits per heavy atom. The van der Waals surface area contributed by atoms with Crippen molar-refractivity contribution in [2.75, 3.05) is 32.8 Å². The topological polar surface area (TPSA) is 91.4 Å². The first-order valence-electron chi connectivity index (χ1n) is 8.63. The number of anilines is 1. The highest BCUT2D eigenvalue weighted by Crippen LogP contribution is 2.46. The van der Waals surface area contributed by atoms with Crippen molar-refractivity contribution in [1.82, 2.24) is 0 Å². The number of methoxy groups -OCH3 is 3. The molecular weight excluding hydrogens is 366 g/mol. The van der Waals surface area contributed by atoms with E-state index < -0.39 is 35.4 Å². The van der Waals surface area contributed by atoms with Gasteiger partial charge in [-0.25, -0.2) is 4.79 Å². The highest BCUT2D eigenvalue weighted by Gasteiger charge is 2.66. The predicted octanol–water partition coefficient (Wildman–Crippen LogP) is 1.17. The smallest absolute Gasteiger partial charge is 0.330 e. The van der Waals surface area contributed by atoms with Gasteiger partial charge >= 0.3 is 17.9 Å². The number of ether oxygens (including phenoxy) is 4. The minimum absolute atomic E-state index is 0.0604. The summed E-state index contributed by atoms with van der Waals surface area (Å²) < 4.78 is 20.1. The monoisotopic (exact) mass is 389 g/mol. The summed E-state index contributed by atoms with van der Waals surface area (Å²) in [5.74, 6) is 0.561. The van der Waals surface area contributed by atoms with E-state index in [0.29, 0.717) is 11.4 Å². The largest absolute Gasteiger partial charge is 0.497 e. The quantitative estimate of drug-likeness (QED) is 0.310. The first kappa shape index (κ1) is 21.1. The van der Waals surface area contributed by atoms with Crippen LogP contribution in [0.1, 0.15) is 13.3 Å². The molecule has 1 fully saturated rings. The molecule has 1 heterocycles. The van der Waals surface area contributed by atoms with Gasteiger partial charge in [-0.3, -0.25) is 9.59 Å². The second-order valence-electron chi connectivity index (χ2n) is 6.10. The summed E-state index contributed by atoms with van der Waals surface area (Å²) in [6.45, 7) is 1.69. The van der Waals surface area contributed by atoms with Gasteiger partial charge in [0.1, 0.15) is 5.75 Å². The molecule has 1 saturated heterocycles. The summed E-state index contributed by atoms with van der Waals surface area (Å²) in [6.07, 6.45) is 5.53. The van der Waals surface area contributed by atoms with Crippen molar-refractivity contribution in [2.24, 2.45) is 5.41 Å². The number of benzene rings is 1. The number of hydrogen-bond acceptors (Lipinski definition) is 8. The molecule has 1 aliphatic rings. The molecule has 0 saturated carbocycles. The molecule has 2 atom stereocenters. The highest BCUT2D eigenvalue weighted by atomic mass is 16.6. The van der Waals surface area contributed by atoms with Crippen molar-refractivity contribution in [3.63, 3.8) is 0 Å². The van der Waals surface area contributed by atoms with Crippen LogP contribution in [0.2, 0.25) is 0 Å². The molecule has 2 unspecified atom stereocenters. The lowest BCUT2D eigenvalue weighted by molar-refractivity contribution is -0.174. The Balaban J connectivity index is 2.69. The molecule has 1 aromatic carbocycles. The molecule has 0 amide bonds. The Bertz CT molecular complexity index is 765. The number of carbonyl (C=O) groups is 3. The minimum Gasteiger partial charge on any atom is -0.497 e. The Morgan fingerprint density at radius 2 is 1.71 bits per heavy atom. The van der Waals surface area contributed by atoms with E-state index in [1.54, 1.807) is 31.2 Å². The summed E-state index contributed by atoms with van der Waals surface area (Å²) in [5.41, 5.74) is -1.43. The van der Waals surface area contributed by atoms with E-state index in [1.807, 2.05) is 0 Å². The van der Waals surface area contributed by atoms with Crippen LogP contribution >= 0.6 is 0 Å². The van der Waals surface area contributed by atoms with E-state index in [2.05, 4.69) is 5.92 Å². The van der Waals surface area contributed by atoms with Gasteiger partial charge in [-0.05, 0) is 31.2 Å². The Morgan fingerprint density at radius 1 is 1.14 bits per heavy atom. The second kappa shape index (κ2) is 8.65. The average molecular weight is 389 g/mol. The summed E-state index contributed by atoms with van der Waals surface area (Å²) in [7, 11) is 3.79. The minimum atomic E-state index is -1.95. The van der Waals surface area contributed by atoms with Crippen LogP contribution in [-0.2, 0) is 28.6 Å². The Hall–Kier alpha value is -3.21. The fourth-order valence-corrected chi connectivity index (χ4v) is 3.53. The predicted molar refractivity (Wildman–Crippen MR) is 99.6 cm³/mol. The number of hydrogen-bond donors (Lipinski definition) is 0. The zero-order valence-corrected chi connectivity index (χ0v) is 16.3. The van der Waals surface area contributed by atoms with Crippen LogP contribution in [-0.4, -0.2) is 57.9 Å². The maximum atomic E-state index is 12.9. The summed E-state index contributed by atoms with van der Waals surface area (Å²) in [4.78, 5) is 39.9. The van der Waals surface area contributed by atoms with Gasteiger partial charge in [-0.1, -0.05) is 5.92 Å².